The standard InChI is InChI=1S/C22H30N2O2S/c1-4-14-24-15-13-20(16-24)19-5-9-21(10-6-19)23-27(25,26)22-11-7-18(8-12-22)17(2)3/h5-12,17,20,23H,4,13-16H2,1-3H3. The lowest BCUT2D eigenvalue weighted by atomic mass is 9.98. The van der Waals surface area contributed by atoms with Crippen molar-refractivity contribution in [3.63, 3.8) is 0 Å². The Morgan fingerprint density at radius 3 is 2.33 bits per heavy atom. The first-order chi connectivity index (χ1) is 12.9. The highest BCUT2D eigenvalue weighted by Gasteiger charge is 2.23. The highest BCUT2D eigenvalue weighted by atomic mass is 32.2. The summed E-state index contributed by atoms with van der Waals surface area (Å²) in [6.07, 6.45) is 2.36. The molecule has 0 spiro atoms. The first kappa shape index (κ1) is 19.9. The zero-order chi connectivity index (χ0) is 19.4. The molecular weight excluding hydrogens is 356 g/mol. The fraction of sp³-hybridized carbons (Fsp3) is 0.455. The summed E-state index contributed by atoms with van der Waals surface area (Å²) < 4.78 is 27.9. The van der Waals surface area contributed by atoms with E-state index in [1.165, 1.54) is 18.4 Å². The van der Waals surface area contributed by atoms with Gasteiger partial charge in [0.2, 0.25) is 0 Å². The molecule has 1 N–H and O–H groups in total. The molecule has 1 atom stereocenters. The van der Waals surface area contributed by atoms with Gasteiger partial charge in [-0.3, -0.25) is 4.72 Å². The highest BCUT2D eigenvalue weighted by Crippen LogP contribution is 2.28. The van der Waals surface area contributed by atoms with Gasteiger partial charge in [-0.1, -0.05) is 45.0 Å². The number of benzene rings is 2. The number of sulfonamides is 1. The predicted molar refractivity (Wildman–Crippen MR) is 112 cm³/mol. The van der Waals surface area contributed by atoms with E-state index in [-0.39, 0.29) is 0 Å². The maximum atomic E-state index is 12.6. The summed E-state index contributed by atoms with van der Waals surface area (Å²) in [5.41, 5.74) is 3.03. The first-order valence-electron chi connectivity index (χ1n) is 9.84. The van der Waals surface area contributed by atoms with Crippen molar-refractivity contribution in [2.45, 2.75) is 50.3 Å². The topological polar surface area (TPSA) is 49.4 Å². The summed E-state index contributed by atoms with van der Waals surface area (Å²) in [5, 5.41) is 0. The Labute approximate surface area is 163 Å². The number of nitrogens with one attached hydrogen (secondary N) is 1. The molecule has 146 valence electrons. The monoisotopic (exact) mass is 386 g/mol. The lowest BCUT2D eigenvalue weighted by Crippen LogP contribution is -2.20. The largest absolute Gasteiger partial charge is 0.303 e. The molecule has 2 aromatic carbocycles. The summed E-state index contributed by atoms with van der Waals surface area (Å²) in [4.78, 5) is 2.80. The molecule has 1 unspecified atom stereocenters. The number of nitrogens with zero attached hydrogens (tertiary/aromatic N) is 1. The van der Waals surface area contributed by atoms with Crippen molar-refractivity contribution in [2.75, 3.05) is 24.4 Å². The van der Waals surface area contributed by atoms with E-state index in [9.17, 15) is 8.42 Å². The minimum absolute atomic E-state index is 0.293. The molecule has 1 heterocycles. The smallest absolute Gasteiger partial charge is 0.261 e. The second-order valence-electron chi connectivity index (χ2n) is 7.74. The van der Waals surface area contributed by atoms with E-state index in [1.54, 1.807) is 12.1 Å². The Bertz CT molecular complexity index is 843. The first-order valence-corrected chi connectivity index (χ1v) is 11.3. The molecule has 5 heteroatoms. The molecule has 1 aliphatic heterocycles. The molecule has 0 amide bonds. The van der Waals surface area contributed by atoms with Gasteiger partial charge in [-0.25, -0.2) is 8.42 Å². The number of hydrogen-bond donors (Lipinski definition) is 1. The van der Waals surface area contributed by atoms with Crippen molar-refractivity contribution < 1.29 is 8.42 Å². The average Bonchev–Trinajstić information content (AvgIpc) is 3.11. The summed E-state index contributed by atoms with van der Waals surface area (Å²) in [6.45, 7) is 9.80. The number of rotatable bonds is 7. The molecule has 0 bridgehead atoms. The lowest BCUT2D eigenvalue weighted by Gasteiger charge is -2.15. The molecule has 0 aliphatic carbocycles. The second-order valence-corrected chi connectivity index (χ2v) is 9.42. The van der Waals surface area contributed by atoms with Crippen LogP contribution in [-0.4, -0.2) is 33.0 Å². The van der Waals surface area contributed by atoms with Crippen LogP contribution in [0.15, 0.2) is 53.4 Å². The van der Waals surface area contributed by atoms with Gasteiger partial charge >= 0.3 is 0 Å². The molecule has 1 saturated heterocycles. The van der Waals surface area contributed by atoms with Gasteiger partial charge in [0.1, 0.15) is 0 Å². The van der Waals surface area contributed by atoms with Crippen LogP contribution in [0.3, 0.4) is 0 Å². The van der Waals surface area contributed by atoms with Gasteiger partial charge < -0.3 is 4.90 Å². The van der Waals surface area contributed by atoms with Crippen LogP contribution in [0.5, 0.6) is 0 Å². The van der Waals surface area contributed by atoms with E-state index in [0.29, 0.717) is 22.4 Å². The fourth-order valence-corrected chi connectivity index (χ4v) is 4.75. The lowest BCUT2D eigenvalue weighted by molar-refractivity contribution is 0.335. The molecule has 1 fully saturated rings. The van der Waals surface area contributed by atoms with Gasteiger partial charge in [0.25, 0.3) is 10.0 Å². The number of likely N-dealkylation sites (tertiary alicyclic amines) is 1. The van der Waals surface area contributed by atoms with Crippen LogP contribution in [0.25, 0.3) is 0 Å². The van der Waals surface area contributed by atoms with Crippen LogP contribution >= 0.6 is 0 Å². The highest BCUT2D eigenvalue weighted by molar-refractivity contribution is 7.92. The van der Waals surface area contributed by atoms with Crippen LogP contribution < -0.4 is 4.72 Å². The van der Waals surface area contributed by atoms with Crippen LogP contribution in [0.1, 0.15) is 56.6 Å². The molecule has 0 radical (unpaired) electrons. The zero-order valence-electron chi connectivity index (χ0n) is 16.5. The molecule has 4 nitrogen and oxygen atoms in total. The van der Waals surface area contributed by atoms with Crippen molar-refractivity contribution >= 4 is 15.7 Å². The Morgan fingerprint density at radius 2 is 1.74 bits per heavy atom. The third kappa shape index (κ3) is 4.90. The Balaban J connectivity index is 1.67. The quantitative estimate of drug-likeness (QED) is 0.743. The van der Waals surface area contributed by atoms with E-state index in [1.807, 2.05) is 24.3 Å². The Hall–Kier alpha value is -1.85. The molecule has 0 aromatic heterocycles. The fourth-order valence-electron chi connectivity index (χ4n) is 3.69. The van der Waals surface area contributed by atoms with Gasteiger partial charge in [-0.2, -0.15) is 0 Å². The van der Waals surface area contributed by atoms with E-state index >= 15 is 0 Å². The second kappa shape index (κ2) is 8.44. The van der Waals surface area contributed by atoms with Crippen molar-refractivity contribution in [1.29, 1.82) is 0 Å². The van der Waals surface area contributed by atoms with Crippen LogP contribution in [-0.2, 0) is 10.0 Å². The van der Waals surface area contributed by atoms with Gasteiger partial charge in [0, 0.05) is 12.2 Å². The van der Waals surface area contributed by atoms with Crippen molar-refractivity contribution in [1.82, 2.24) is 4.90 Å². The average molecular weight is 387 g/mol. The van der Waals surface area contributed by atoms with Crippen molar-refractivity contribution in [2.24, 2.45) is 0 Å². The molecule has 27 heavy (non-hydrogen) atoms. The molecule has 3 rings (SSSR count). The normalized spacial score (nSPS) is 18.1. The van der Waals surface area contributed by atoms with Crippen molar-refractivity contribution in [3.05, 3.63) is 59.7 Å². The summed E-state index contributed by atoms with van der Waals surface area (Å²) in [5.74, 6) is 0.928. The van der Waals surface area contributed by atoms with Gasteiger partial charge in [0.15, 0.2) is 0 Å². The Morgan fingerprint density at radius 1 is 1.07 bits per heavy atom. The summed E-state index contributed by atoms with van der Waals surface area (Å²) in [6, 6.07) is 15.0. The van der Waals surface area contributed by atoms with Crippen LogP contribution in [0, 0.1) is 0 Å². The van der Waals surface area contributed by atoms with Crippen LogP contribution in [0.2, 0.25) is 0 Å². The van der Waals surface area contributed by atoms with Crippen molar-refractivity contribution in [3.8, 4) is 0 Å². The van der Waals surface area contributed by atoms with Gasteiger partial charge in [-0.05, 0) is 73.2 Å². The van der Waals surface area contributed by atoms with Gasteiger partial charge in [0.05, 0.1) is 4.90 Å². The number of hydrogen-bond acceptors (Lipinski definition) is 3. The summed E-state index contributed by atoms with van der Waals surface area (Å²) >= 11 is 0. The minimum atomic E-state index is -3.56. The molecule has 2 aromatic rings. The van der Waals surface area contributed by atoms with E-state index in [2.05, 4.69) is 42.5 Å². The maximum Gasteiger partial charge on any atom is 0.261 e. The molecule has 1 aliphatic rings. The zero-order valence-corrected chi connectivity index (χ0v) is 17.3. The molecular formula is C22H30N2O2S. The Kier molecular flexibility index (Phi) is 6.22. The van der Waals surface area contributed by atoms with Crippen LogP contribution in [0.4, 0.5) is 5.69 Å². The predicted octanol–water partition coefficient (Wildman–Crippen LogP) is 4.81. The molecule has 0 saturated carbocycles. The number of anilines is 1. The van der Waals surface area contributed by atoms with E-state index in [4.69, 9.17) is 0 Å². The maximum absolute atomic E-state index is 12.6. The van der Waals surface area contributed by atoms with E-state index in [0.717, 1.165) is 25.2 Å². The third-order valence-electron chi connectivity index (χ3n) is 5.30. The summed E-state index contributed by atoms with van der Waals surface area (Å²) in [7, 11) is -3.56. The third-order valence-corrected chi connectivity index (χ3v) is 6.70. The SMILES string of the molecule is CCCN1CCC(c2ccc(NS(=O)(=O)c3ccc(C(C)C)cc3)cc2)C1. The van der Waals surface area contributed by atoms with E-state index < -0.39 is 10.0 Å². The minimum Gasteiger partial charge on any atom is -0.303 e. The van der Waals surface area contributed by atoms with Gasteiger partial charge in [-0.15, -0.1) is 0 Å².